The second-order valence-corrected chi connectivity index (χ2v) is 4.96. The lowest BCUT2D eigenvalue weighted by molar-refractivity contribution is 0.318. The summed E-state index contributed by atoms with van der Waals surface area (Å²) in [6.07, 6.45) is 3.41. The molecule has 2 aromatic rings. The second kappa shape index (κ2) is 5.75. The van der Waals surface area contributed by atoms with E-state index in [4.69, 9.17) is 22.5 Å². The lowest BCUT2D eigenvalue weighted by Gasteiger charge is -2.08. The zero-order valence-electron chi connectivity index (χ0n) is 9.25. The number of rotatable bonds is 3. The monoisotopic (exact) mass is 279 g/mol. The van der Waals surface area contributed by atoms with Crippen LogP contribution in [0.5, 0.6) is 0 Å². The fourth-order valence-electron chi connectivity index (χ4n) is 1.38. The lowest BCUT2D eigenvalue weighted by Crippen LogP contribution is -2.14. The Bertz CT molecular complexity index is 575. The quantitative estimate of drug-likeness (QED) is 0.392. The van der Waals surface area contributed by atoms with Gasteiger partial charge in [0.05, 0.1) is 0 Å². The molecule has 0 saturated carbocycles. The number of halogens is 1. The van der Waals surface area contributed by atoms with Crippen LogP contribution in [0.25, 0.3) is 0 Å². The molecule has 0 unspecified atom stereocenters. The number of oxime groups is 1. The molecule has 0 spiro atoms. The summed E-state index contributed by atoms with van der Waals surface area (Å²) in [7, 11) is 0. The Morgan fingerprint density at radius 2 is 2.00 bits per heavy atom. The van der Waals surface area contributed by atoms with Crippen molar-refractivity contribution >= 4 is 29.2 Å². The smallest absolute Gasteiger partial charge is 0.171 e. The molecule has 4 nitrogen and oxygen atoms in total. The van der Waals surface area contributed by atoms with Crippen molar-refractivity contribution in [1.29, 1.82) is 0 Å². The van der Waals surface area contributed by atoms with Gasteiger partial charge in [-0.05, 0) is 30.3 Å². The van der Waals surface area contributed by atoms with Crippen LogP contribution >= 0.6 is 23.4 Å². The zero-order chi connectivity index (χ0) is 13.0. The summed E-state index contributed by atoms with van der Waals surface area (Å²) < 4.78 is 0. The van der Waals surface area contributed by atoms with E-state index in [9.17, 15) is 0 Å². The van der Waals surface area contributed by atoms with Gasteiger partial charge < -0.3 is 10.9 Å². The molecule has 0 radical (unpaired) electrons. The highest BCUT2D eigenvalue weighted by Crippen LogP contribution is 2.32. The van der Waals surface area contributed by atoms with Crippen molar-refractivity contribution in [2.45, 2.75) is 9.79 Å². The molecule has 3 N–H and O–H groups in total. The highest BCUT2D eigenvalue weighted by molar-refractivity contribution is 7.99. The summed E-state index contributed by atoms with van der Waals surface area (Å²) in [4.78, 5) is 5.77. The van der Waals surface area contributed by atoms with E-state index in [0.717, 1.165) is 9.79 Å². The molecule has 6 heteroatoms. The molecule has 0 saturated heterocycles. The summed E-state index contributed by atoms with van der Waals surface area (Å²) in [5.41, 5.74) is 6.27. The van der Waals surface area contributed by atoms with Crippen LogP contribution < -0.4 is 5.73 Å². The average molecular weight is 280 g/mol. The van der Waals surface area contributed by atoms with Gasteiger partial charge in [0.15, 0.2) is 5.84 Å². The Kier molecular flexibility index (Phi) is 4.07. The van der Waals surface area contributed by atoms with Gasteiger partial charge in [0.2, 0.25) is 0 Å². The normalized spacial score (nSPS) is 11.5. The molecule has 18 heavy (non-hydrogen) atoms. The van der Waals surface area contributed by atoms with E-state index in [1.165, 1.54) is 11.8 Å². The van der Waals surface area contributed by atoms with Crippen molar-refractivity contribution in [1.82, 2.24) is 4.98 Å². The minimum atomic E-state index is 0.0585. The van der Waals surface area contributed by atoms with E-state index in [1.54, 1.807) is 30.6 Å². The first-order chi connectivity index (χ1) is 8.70. The molecule has 0 amide bonds. The summed E-state index contributed by atoms with van der Waals surface area (Å²) >= 11 is 7.44. The number of amidine groups is 1. The molecule has 0 fully saturated rings. The maximum Gasteiger partial charge on any atom is 0.171 e. The first-order valence-corrected chi connectivity index (χ1v) is 6.25. The molecule has 0 aliphatic rings. The Labute approximate surface area is 113 Å². The van der Waals surface area contributed by atoms with Gasteiger partial charge in [-0.25, -0.2) is 0 Å². The molecule has 2 rings (SSSR count). The highest BCUT2D eigenvalue weighted by atomic mass is 35.5. The van der Waals surface area contributed by atoms with Crippen LogP contribution in [0.3, 0.4) is 0 Å². The van der Waals surface area contributed by atoms with Crippen LogP contribution in [0.4, 0.5) is 0 Å². The SMILES string of the molecule is NC(=NO)c1ccc(Cl)cc1Sc1ccncc1. The predicted molar refractivity (Wildman–Crippen MR) is 72.3 cm³/mol. The Morgan fingerprint density at radius 3 is 2.67 bits per heavy atom. The first kappa shape index (κ1) is 12.7. The third-order valence-electron chi connectivity index (χ3n) is 2.20. The summed E-state index contributed by atoms with van der Waals surface area (Å²) in [5.74, 6) is 0.0585. The summed E-state index contributed by atoms with van der Waals surface area (Å²) in [6.45, 7) is 0. The molecular formula is C12H10ClN3OS. The fourth-order valence-corrected chi connectivity index (χ4v) is 2.60. The molecule has 92 valence electrons. The van der Waals surface area contributed by atoms with Crippen molar-refractivity contribution in [2.24, 2.45) is 10.9 Å². The van der Waals surface area contributed by atoms with Crippen LogP contribution in [-0.2, 0) is 0 Å². The van der Waals surface area contributed by atoms with Crippen LogP contribution in [0.15, 0.2) is 57.7 Å². The van der Waals surface area contributed by atoms with Gasteiger partial charge >= 0.3 is 0 Å². The van der Waals surface area contributed by atoms with Gasteiger partial charge in [-0.15, -0.1) is 0 Å². The molecule has 0 aliphatic carbocycles. The predicted octanol–water partition coefficient (Wildman–Crippen LogP) is 2.98. The van der Waals surface area contributed by atoms with Crippen LogP contribution in [-0.4, -0.2) is 16.0 Å². The first-order valence-electron chi connectivity index (χ1n) is 5.06. The minimum absolute atomic E-state index is 0.0585. The number of nitrogens with zero attached hydrogens (tertiary/aromatic N) is 2. The third kappa shape index (κ3) is 2.94. The van der Waals surface area contributed by atoms with Crippen LogP contribution in [0.1, 0.15) is 5.56 Å². The molecule has 1 heterocycles. The maximum absolute atomic E-state index is 8.76. The van der Waals surface area contributed by atoms with E-state index in [0.29, 0.717) is 10.6 Å². The van der Waals surface area contributed by atoms with E-state index in [1.807, 2.05) is 12.1 Å². The largest absolute Gasteiger partial charge is 0.409 e. The topological polar surface area (TPSA) is 71.5 Å². The number of aromatic nitrogens is 1. The van der Waals surface area contributed by atoms with E-state index >= 15 is 0 Å². The molecule has 0 atom stereocenters. The van der Waals surface area contributed by atoms with Crippen LogP contribution in [0, 0.1) is 0 Å². The fraction of sp³-hybridized carbons (Fsp3) is 0. The number of nitrogens with two attached hydrogens (primary N) is 1. The Balaban J connectivity index is 2.40. The zero-order valence-corrected chi connectivity index (χ0v) is 10.8. The second-order valence-electron chi connectivity index (χ2n) is 3.41. The van der Waals surface area contributed by atoms with Gasteiger partial charge in [0, 0.05) is 32.8 Å². The summed E-state index contributed by atoms with van der Waals surface area (Å²) in [6, 6.07) is 8.95. The molecule has 1 aromatic carbocycles. The standard InChI is InChI=1S/C12H10ClN3OS/c13-8-1-2-10(12(14)16-17)11(7-8)18-9-3-5-15-6-4-9/h1-7,17H,(H2,14,16). The van der Waals surface area contributed by atoms with Crippen LogP contribution in [0.2, 0.25) is 5.02 Å². The Hall–Kier alpha value is -1.72. The van der Waals surface area contributed by atoms with E-state index < -0.39 is 0 Å². The Morgan fingerprint density at radius 1 is 1.28 bits per heavy atom. The van der Waals surface area contributed by atoms with Gasteiger partial charge in [0.25, 0.3) is 0 Å². The molecule has 1 aromatic heterocycles. The molecule has 0 bridgehead atoms. The number of pyridine rings is 1. The average Bonchev–Trinajstić information content (AvgIpc) is 2.39. The maximum atomic E-state index is 8.76. The number of hydrogen-bond acceptors (Lipinski definition) is 4. The van der Waals surface area contributed by atoms with Crippen molar-refractivity contribution in [3.05, 3.63) is 53.3 Å². The van der Waals surface area contributed by atoms with Crippen molar-refractivity contribution in [3.8, 4) is 0 Å². The van der Waals surface area contributed by atoms with Gasteiger partial charge in [-0.3, -0.25) is 4.98 Å². The van der Waals surface area contributed by atoms with Gasteiger partial charge in [0.1, 0.15) is 0 Å². The lowest BCUT2D eigenvalue weighted by atomic mass is 10.2. The number of benzene rings is 1. The minimum Gasteiger partial charge on any atom is -0.409 e. The van der Waals surface area contributed by atoms with Crippen molar-refractivity contribution < 1.29 is 5.21 Å². The molecule has 0 aliphatic heterocycles. The van der Waals surface area contributed by atoms with Gasteiger partial charge in [-0.2, -0.15) is 0 Å². The van der Waals surface area contributed by atoms with E-state index in [2.05, 4.69) is 10.1 Å². The number of hydrogen-bond donors (Lipinski definition) is 2. The highest BCUT2D eigenvalue weighted by Gasteiger charge is 2.09. The summed E-state index contributed by atoms with van der Waals surface area (Å²) in [5, 5.41) is 12.4. The van der Waals surface area contributed by atoms with Gasteiger partial charge in [-0.1, -0.05) is 28.5 Å². The molecular weight excluding hydrogens is 270 g/mol. The van der Waals surface area contributed by atoms with E-state index in [-0.39, 0.29) is 5.84 Å². The van der Waals surface area contributed by atoms with Crippen molar-refractivity contribution in [3.63, 3.8) is 0 Å². The van der Waals surface area contributed by atoms with Crippen molar-refractivity contribution in [2.75, 3.05) is 0 Å². The third-order valence-corrected chi connectivity index (χ3v) is 3.51.